The van der Waals surface area contributed by atoms with Crippen LogP contribution in [-0.2, 0) is 21.7 Å². The average Bonchev–Trinajstić information content (AvgIpc) is 3.30. The first-order chi connectivity index (χ1) is 33.0. The molecule has 7 rings (SSSR count). The fourth-order valence-corrected chi connectivity index (χ4v) is 9.17. The first-order valence-electron chi connectivity index (χ1n) is 23.4. The zero-order chi connectivity index (χ0) is 50.9. The lowest BCUT2D eigenvalue weighted by Gasteiger charge is -2.30. The smallest absolute Gasteiger partial charge is 0.327 e. The summed E-state index contributed by atoms with van der Waals surface area (Å²) in [7, 11) is 7.83. The van der Waals surface area contributed by atoms with E-state index in [1.165, 1.54) is 6.26 Å². The van der Waals surface area contributed by atoms with Crippen LogP contribution in [0.1, 0.15) is 105 Å². The molecule has 0 aliphatic heterocycles. The van der Waals surface area contributed by atoms with Gasteiger partial charge < -0.3 is 46.3 Å². The molecule has 0 aliphatic rings. The van der Waals surface area contributed by atoms with Crippen LogP contribution >= 0.6 is 9.03 Å². The summed E-state index contributed by atoms with van der Waals surface area (Å²) >= 11 is 0. The van der Waals surface area contributed by atoms with Gasteiger partial charge in [-0.25, -0.2) is 0 Å². The Morgan fingerprint density at radius 2 is 0.729 bits per heavy atom. The summed E-state index contributed by atoms with van der Waals surface area (Å²) in [6, 6.07) is 31.7. The van der Waals surface area contributed by atoms with Gasteiger partial charge in [-0.1, -0.05) is 119 Å². The molecule has 6 aromatic carbocycles. The lowest BCUT2D eigenvalue weighted by Crippen LogP contribution is -2.16. The second kappa shape index (κ2) is 20.1. The number of para-hydroxylation sites is 2. The Kier molecular flexibility index (Phi) is 14.7. The predicted molar refractivity (Wildman–Crippen MR) is 285 cm³/mol. The van der Waals surface area contributed by atoms with Crippen LogP contribution in [-0.4, -0.2) is 35.5 Å². The van der Waals surface area contributed by atoms with E-state index in [0.29, 0.717) is 68.3 Å². The van der Waals surface area contributed by atoms with E-state index in [1.807, 2.05) is 97.1 Å². The van der Waals surface area contributed by atoms with Gasteiger partial charge in [0, 0.05) is 55.3 Å². The number of fused-ring (bicyclic) bond motifs is 3. The van der Waals surface area contributed by atoms with Crippen molar-refractivity contribution in [1.82, 2.24) is 0 Å². The Labute approximate surface area is 415 Å². The molecule has 70 heavy (non-hydrogen) atoms. The van der Waals surface area contributed by atoms with E-state index in [1.54, 1.807) is 35.5 Å². The molecule has 0 amide bonds. The van der Waals surface area contributed by atoms with Crippen molar-refractivity contribution < 1.29 is 46.3 Å². The molecule has 370 valence electrons. The summed E-state index contributed by atoms with van der Waals surface area (Å²) < 4.78 is 64.4. The highest BCUT2D eigenvalue weighted by Crippen LogP contribution is 2.54. The molecule has 1 aromatic heterocycles. The van der Waals surface area contributed by atoms with Gasteiger partial charge in [0.2, 0.25) is 0 Å². The molecule has 11 heteroatoms. The standard InChI is InChI=1S/C59H69O10P/c1-56(2,3)45-30-35(60-13)26-41(52(45)64-17)43-28-37(62-15)32-47(58(7,8)9)54(43)68-70-69-55-44(29-38(63-16)33-48(55)59(10,11)12)42-27-36(61-14)31-46(57(4,5)6)53(42)67-51-34-65-49-24-20-18-22-39(49)40-23-19-21-25-50(40)66-51/h18-34,70H,1-17H3. The maximum atomic E-state index is 7.11. The van der Waals surface area contributed by atoms with Gasteiger partial charge in [0.05, 0.1) is 35.5 Å². The highest BCUT2D eigenvalue weighted by atomic mass is 31.1. The van der Waals surface area contributed by atoms with E-state index in [9.17, 15) is 0 Å². The SMILES string of the molecule is COc1cc(-c2cc(OC)cc(C(C)(C)C)c2OPOc2c(-c3cc(OC)cc(C(C)(C)C)c3Oc3coc4ccccc4c4ccccc4o3)cc(OC)cc2C(C)(C)C)c(OC)c(C(C)(C)C)c1. The van der Waals surface area contributed by atoms with Crippen LogP contribution in [0.5, 0.6) is 51.9 Å². The topological polar surface area (TPSA) is 100 Å². The van der Waals surface area contributed by atoms with Gasteiger partial charge in [-0.3, -0.25) is 0 Å². The number of hydrogen-bond donors (Lipinski definition) is 0. The molecular weight excluding hydrogens is 900 g/mol. The van der Waals surface area contributed by atoms with Gasteiger partial charge >= 0.3 is 5.95 Å². The first kappa shape index (κ1) is 51.3. The molecule has 0 saturated carbocycles. The van der Waals surface area contributed by atoms with Crippen molar-refractivity contribution in [1.29, 1.82) is 0 Å². The fraction of sp³-hybridized carbons (Fsp3) is 0.356. The van der Waals surface area contributed by atoms with Crippen LogP contribution in [0.15, 0.2) is 112 Å². The van der Waals surface area contributed by atoms with Crippen LogP contribution < -0.4 is 37.5 Å². The second-order valence-electron chi connectivity index (χ2n) is 21.4. The Hall–Kier alpha value is -6.51. The maximum absolute atomic E-state index is 7.11. The quantitative estimate of drug-likeness (QED) is 0.104. The summed E-state index contributed by atoms with van der Waals surface area (Å²) in [5.41, 5.74) is 6.29. The molecule has 0 spiro atoms. The molecule has 7 aromatic rings. The number of benzene rings is 6. The largest absolute Gasteiger partial charge is 0.497 e. The molecule has 10 nitrogen and oxygen atoms in total. The van der Waals surface area contributed by atoms with Crippen molar-refractivity contribution in [2.75, 3.05) is 35.5 Å². The van der Waals surface area contributed by atoms with Gasteiger partial charge in [0.1, 0.15) is 57.2 Å². The molecule has 0 bridgehead atoms. The van der Waals surface area contributed by atoms with Crippen LogP contribution in [0, 0.1) is 0 Å². The van der Waals surface area contributed by atoms with Gasteiger partial charge in [0.15, 0.2) is 6.26 Å². The normalized spacial score (nSPS) is 12.3. The van der Waals surface area contributed by atoms with Gasteiger partial charge in [-0.2, -0.15) is 0 Å². The van der Waals surface area contributed by atoms with Crippen LogP contribution in [0.2, 0.25) is 0 Å². The van der Waals surface area contributed by atoms with Crippen LogP contribution in [0.3, 0.4) is 0 Å². The maximum Gasteiger partial charge on any atom is 0.327 e. The van der Waals surface area contributed by atoms with E-state index < -0.39 is 19.9 Å². The van der Waals surface area contributed by atoms with Gasteiger partial charge in [-0.05, 0) is 82.3 Å². The van der Waals surface area contributed by atoms with Crippen molar-refractivity contribution in [3.8, 4) is 74.2 Å². The van der Waals surface area contributed by atoms with E-state index in [0.717, 1.165) is 44.2 Å². The Bertz CT molecular complexity index is 3080. The molecule has 0 N–H and O–H groups in total. The van der Waals surface area contributed by atoms with E-state index in [2.05, 4.69) is 83.1 Å². The third-order valence-corrected chi connectivity index (χ3v) is 12.8. The predicted octanol–water partition coefficient (Wildman–Crippen LogP) is 16.6. The Morgan fingerprint density at radius 3 is 1.13 bits per heavy atom. The first-order valence-corrected chi connectivity index (χ1v) is 24.3. The van der Waals surface area contributed by atoms with Crippen molar-refractivity contribution >= 4 is 31.0 Å². The van der Waals surface area contributed by atoms with Crippen molar-refractivity contribution in [2.24, 2.45) is 0 Å². The molecule has 1 unspecified atom stereocenters. The highest BCUT2D eigenvalue weighted by Gasteiger charge is 2.33. The average molecular weight is 969 g/mol. The third-order valence-electron chi connectivity index (χ3n) is 12.3. The number of methoxy groups -OCH3 is 5. The summed E-state index contributed by atoms with van der Waals surface area (Å²) in [6.07, 6.45) is 1.51. The molecule has 0 radical (unpaired) electrons. The molecule has 1 heterocycles. The molecule has 0 aliphatic carbocycles. The zero-order valence-corrected chi connectivity index (χ0v) is 44.9. The minimum atomic E-state index is -0.538. The third kappa shape index (κ3) is 10.8. The summed E-state index contributed by atoms with van der Waals surface area (Å²) in [6.45, 7) is 25.8. The van der Waals surface area contributed by atoms with Crippen LogP contribution in [0.4, 0.5) is 0 Å². The number of rotatable bonds is 13. The van der Waals surface area contributed by atoms with Crippen molar-refractivity contribution in [3.05, 3.63) is 126 Å². The van der Waals surface area contributed by atoms with E-state index in [-0.39, 0.29) is 16.8 Å². The Balaban J connectivity index is 1.46. The van der Waals surface area contributed by atoms with Gasteiger partial charge in [0.25, 0.3) is 9.03 Å². The van der Waals surface area contributed by atoms with E-state index >= 15 is 0 Å². The lowest BCUT2D eigenvalue weighted by molar-refractivity contribution is 0.331. The van der Waals surface area contributed by atoms with Crippen molar-refractivity contribution in [2.45, 2.75) is 105 Å². The molecular formula is C59H69O10P. The molecule has 0 saturated heterocycles. The minimum absolute atomic E-state index is 0.134. The summed E-state index contributed by atoms with van der Waals surface area (Å²) in [5.74, 6) is 5.19. The number of ether oxygens (including phenoxy) is 6. The number of hydrogen-bond acceptors (Lipinski definition) is 10. The second-order valence-corrected chi connectivity index (χ2v) is 22.0. The molecule has 1 atom stereocenters. The van der Waals surface area contributed by atoms with Crippen molar-refractivity contribution in [3.63, 3.8) is 0 Å². The van der Waals surface area contributed by atoms with Gasteiger partial charge in [-0.15, -0.1) is 0 Å². The minimum Gasteiger partial charge on any atom is -0.497 e. The lowest BCUT2D eigenvalue weighted by atomic mass is 9.81. The van der Waals surface area contributed by atoms with E-state index in [4.69, 9.17) is 46.3 Å². The summed E-state index contributed by atoms with van der Waals surface area (Å²) in [4.78, 5) is 0. The fourth-order valence-electron chi connectivity index (χ4n) is 8.52. The molecule has 0 fully saturated rings. The highest BCUT2D eigenvalue weighted by molar-refractivity contribution is 7.27. The monoisotopic (exact) mass is 968 g/mol. The Morgan fingerprint density at radius 1 is 0.386 bits per heavy atom. The summed E-state index contributed by atoms with van der Waals surface area (Å²) in [5, 5.41) is 1.77. The van der Waals surface area contributed by atoms with Crippen LogP contribution in [0.25, 0.3) is 44.2 Å². The zero-order valence-electron chi connectivity index (χ0n) is 43.9.